The highest BCUT2D eigenvalue weighted by atomic mass is 16.5. The summed E-state index contributed by atoms with van der Waals surface area (Å²) in [7, 11) is 0. The van der Waals surface area contributed by atoms with Gasteiger partial charge in [-0.2, -0.15) is 0 Å². The zero-order chi connectivity index (χ0) is 14.8. The van der Waals surface area contributed by atoms with Gasteiger partial charge in [0.2, 0.25) is 0 Å². The molecule has 0 aliphatic carbocycles. The molecule has 0 bridgehead atoms. The molecule has 1 fully saturated rings. The van der Waals surface area contributed by atoms with Crippen LogP contribution in [0.2, 0.25) is 0 Å². The molecule has 112 valence electrons. The first-order chi connectivity index (χ1) is 10.1. The summed E-state index contributed by atoms with van der Waals surface area (Å²) in [6.07, 6.45) is 0.571. The number of nitrogens with two attached hydrogens (primary N) is 1. The van der Waals surface area contributed by atoms with E-state index in [1.54, 1.807) is 0 Å². The van der Waals surface area contributed by atoms with E-state index in [-0.39, 0.29) is 18.2 Å². The quantitative estimate of drug-likeness (QED) is 0.942. The smallest absolute Gasteiger partial charge is 0.0678 e. The largest absolute Gasteiger partial charge is 0.373 e. The molecule has 3 heteroatoms. The van der Waals surface area contributed by atoms with E-state index in [0.717, 1.165) is 19.6 Å². The van der Waals surface area contributed by atoms with Gasteiger partial charge in [0.15, 0.2) is 0 Å². The van der Waals surface area contributed by atoms with E-state index >= 15 is 0 Å². The van der Waals surface area contributed by atoms with Crippen LogP contribution in [0.3, 0.4) is 0 Å². The summed E-state index contributed by atoms with van der Waals surface area (Å²) < 4.78 is 5.79. The van der Waals surface area contributed by atoms with Gasteiger partial charge in [-0.05, 0) is 30.2 Å². The van der Waals surface area contributed by atoms with Crippen molar-refractivity contribution in [3.63, 3.8) is 0 Å². The van der Waals surface area contributed by atoms with Crippen molar-refractivity contribution in [2.24, 2.45) is 5.73 Å². The second kappa shape index (κ2) is 6.14. The topological polar surface area (TPSA) is 38.5 Å². The summed E-state index contributed by atoms with van der Waals surface area (Å²) in [6, 6.07) is 14.9. The molecule has 3 nitrogen and oxygen atoms in total. The van der Waals surface area contributed by atoms with Gasteiger partial charge in [0, 0.05) is 25.7 Å². The third kappa shape index (κ3) is 3.26. The van der Waals surface area contributed by atoms with Gasteiger partial charge >= 0.3 is 0 Å². The number of morpholine rings is 1. The molecule has 2 aromatic carbocycles. The van der Waals surface area contributed by atoms with Crippen molar-refractivity contribution in [3.05, 3.63) is 48.0 Å². The number of hydrogen-bond donors (Lipinski definition) is 1. The van der Waals surface area contributed by atoms with Gasteiger partial charge in [0.05, 0.1) is 12.2 Å². The highest BCUT2D eigenvalue weighted by molar-refractivity contribution is 5.86. The maximum Gasteiger partial charge on any atom is 0.0678 e. The Hall–Kier alpha value is -1.42. The van der Waals surface area contributed by atoms with Gasteiger partial charge in [0.1, 0.15) is 0 Å². The minimum Gasteiger partial charge on any atom is -0.373 e. The lowest BCUT2D eigenvalue weighted by Crippen LogP contribution is -2.47. The standard InChI is InChI=1S/C18H24N2O/c1-13-10-20(11-14(2)21-13)12-18(19)17-9-5-7-15-6-3-4-8-16(15)17/h3-9,13-14,18H,10-12,19H2,1-2H3/t13-,14+,18?. The third-order valence-electron chi connectivity index (χ3n) is 4.17. The van der Waals surface area contributed by atoms with Crippen LogP contribution in [0.15, 0.2) is 42.5 Å². The fraction of sp³-hybridized carbons (Fsp3) is 0.444. The van der Waals surface area contributed by atoms with E-state index in [1.807, 2.05) is 0 Å². The van der Waals surface area contributed by atoms with Crippen LogP contribution in [0, 0.1) is 0 Å². The summed E-state index contributed by atoms with van der Waals surface area (Å²) in [6.45, 7) is 7.07. The molecule has 3 atom stereocenters. The first-order valence-electron chi connectivity index (χ1n) is 7.74. The van der Waals surface area contributed by atoms with Crippen LogP contribution in [0.4, 0.5) is 0 Å². The zero-order valence-electron chi connectivity index (χ0n) is 12.8. The molecule has 0 saturated carbocycles. The Morgan fingerprint density at radius 1 is 1.10 bits per heavy atom. The number of rotatable bonds is 3. The van der Waals surface area contributed by atoms with Crippen LogP contribution in [-0.2, 0) is 4.74 Å². The number of benzene rings is 2. The molecule has 3 rings (SSSR count). The van der Waals surface area contributed by atoms with E-state index in [9.17, 15) is 0 Å². The minimum absolute atomic E-state index is 0.0357. The second-order valence-corrected chi connectivity index (χ2v) is 6.15. The van der Waals surface area contributed by atoms with Crippen molar-refractivity contribution < 1.29 is 4.74 Å². The number of fused-ring (bicyclic) bond motifs is 1. The van der Waals surface area contributed by atoms with Crippen LogP contribution in [-0.4, -0.2) is 36.7 Å². The molecule has 1 unspecified atom stereocenters. The third-order valence-corrected chi connectivity index (χ3v) is 4.17. The molecule has 0 spiro atoms. The Kier molecular flexibility index (Phi) is 4.24. The first kappa shape index (κ1) is 14.5. The predicted molar refractivity (Wildman–Crippen MR) is 87.3 cm³/mol. The normalized spacial score (nSPS) is 25.1. The summed E-state index contributed by atoms with van der Waals surface area (Å²) in [5.74, 6) is 0. The lowest BCUT2D eigenvalue weighted by molar-refractivity contribution is -0.0691. The lowest BCUT2D eigenvalue weighted by atomic mass is 9.98. The van der Waals surface area contributed by atoms with Gasteiger partial charge < -0.3 is 10.5 Å². The molecule has 0 amide bonds. The number of ether oxygens (including phenoxy) is 1. The van der Waals surface area contributed by atoms with Gasteiger partial charge in [-0.25, -0.2) is 0 Å². The fourth-order valence-corrected chi connectivity index (χ4v) is 3.38. The predicted octanol–water partition coefficient (Wildman–Crippen LogP) is 2.95. The highest BCUT2D eigenvalue weighted by Crippen LogP contribution is 2.24. The molecule has 21 heavy (non-hydrogen) atoms. The van der Waals surface area contributed by atoms with Crippen LogP contribution >= 0.6 is 0 Å². The number of nitrogens with zero attached hydrogens (tertiary/aromatic N) is 1. The van der Waals surface area contributed by atoms with Gasteiger partial charge in [0.25, 0.3) is 0 Å². The van der Waals surface area contributed by atoms with Crippen molar-refractivity contribution >= 4 is 10.8 Å². The van der Waals surface area contributed by atoms with Gasteiger partial charge in [-0.1, -0.05) is 42.5 Å². The molecule has 0 radical (unpaired) electrons. The van der Waals surface area contributed by atoms with Gasteiger partial charge in [-0.3, -0.25) is 4.90 Å². The monoisotopic (exact) mass is 284 g/mol. The number of hydrogen-bond acceptors (Lipinski definition) is 3. The van der Waals surface area contributed by atoms with Crippen LogP contribution in [0.25, 0.3) is 10.8 Å². The average Bonchev–Trinajstić information content (AvgIpc) is 2.45. The van der Waals surface area contributed by atoms with Crippen molar-refractivity contribution in [1.29, 1.82) is 0 Å². The summed E-state index contributed by atoms with van der Waals surface area (Å²) in [5.41, 5.74) is 7.74. The Balaban J connectivity index is 1.79. The summed E-state index contributed by atoms with van der Waals surface area (Å²) >= 11 is 0. The molecular formula is C18H24N2O. The Bertz CT molecular complexity index is 598. The van der Waals surface area contributed by atoms with Crippen molar-refractivity contribution in [1.82, 2.24) is 4.90 Å². The first-order valence-corrected chi connectivity index (χ1v) is 7.74. The lowest BCUT2D eigenvalue weighted by Gasteiger charge is -2.36. The Morgan fingerprint density at radius 2 is 1.76 bits per heavy atom. The fourth-order valence-electron chi connectivity index (χ4n) is 3.38. The van der Waals surface area contributed by atoms with Gasteiger partial charge in [-0.15, -0.1) is 0 Å². The Morgan fingerprint density at radius 3 is 2.52 bits per heavy atom. The van der Waals surface area contributed by atoms with Crippen LogP contribution in [0.1, 0.15) is 25.5 Å². The highest BCUT2D eigenvalue weighted by Gasteiger charge is 2.24. The summed E-state index contributed by atoms with van der Waals surface area (Å²) in [5, 5.41) is 2.52. The second-order valence-electron chi connectivity index (χ2n) is 6.15. The molecule has 1 aliphatic rings. The zero-order valence-corrected chi connectivity index (χ0v) is 12.8. The van der Waals surface area contributed by atoms with Crippen molar-refractivity contribution in [2.45, 2.75) is 32.1 Å². The minimum atomic E-state index is 0.0357. The maximum absolute atomic E-state index is 6.50. The molecule has 2 aromatic rings. The Labute approximate surface area is 126 Å². The van der Waals surface area contributed by atoms with E-state index < -0.39 is 0 Å². The molecule has 1 aliphatic heterocycles. The van der Waals surface area contributed by atoms with E-state index in [0.29, 0.717) is 0 Å². The molecule has 1 saturated heterocycles. The average molecular weight is 284 g/mol. The molecule has 0 aromatic heterocycles. The molecular weight excluding hydrogens is 260 g/mol. The van der Waals surface area contributed by atoms with Crippen LogP contribution < -0.4 is 5.73 Å². The van der Waals surface area contributed by atoms with E-state index in [1.165, 1.54) is 16.3 Å². The summed E-state index contributed by atoms with van der Waals surface area (Å²) in [4.78, 5) is 2.42. The van der Waals surface area contributed by atoms with E-state index in [4.69, 9.17) is 10.5 Å². The molecule has 2 N–H and O–H groups in total. The van der Waals surface area contributed by atoms with Crippen molar-refractivity contribution in [3.8, 4) is 0 Å². The van der Waals surface area contributed by atoms with Crippen molar-refractivity contribution in [2.75, 3.05) is 19.6 Å². The van der Waals surface area contributed by atoms with Crippen LogP contribution in [0.5, 0.6) is 0 Å². The SMILES string of the molecule is C[C@@H]1CN(CC(N)c2cccc3ccccc23)C[C@H](C)O1. The molecule has 1 heterocycles. The maximum atomic E-state index is 6.50. The van der Waals surface area contributed by atoms with E-state index in [2.05, 4.69) is 61.2 Å².